The summed E-state index contributed by atoms with van der Waals surface area (Å²) in [6.45, 7) is 5.99. The Morgan fingerprint density at radius 2 is 2.00 bits per heavy atom. The van der Waals surface area contributed by atoms with Gasteiger partial charge in [-0.15, -0.1) is 6.58 Å². The molecule has 4 atom stereocenters. The minimum Gasteiger partial charge on any atom is -0.468 e. The quantitative estimate of drug-likeness (QED) is 0.777. The molecule has 3 heterocycles. The predicted molar refractivity (Wildman–Crippen MR) is 88.8 cm³/mol. The fraction of sp³-hybridized carbons (Fsp3) is 0.474. The van der Waals surface area contributed by atoms with Crippen molar-refractivity contribution in [3.63, 3.8) is 0 Å². The van der Waals surface area contributed by atoms with Crippen molar-refractivity contribution in [2.24, 2.45) is 5.92 Å². The van der Waals surface area contributed by atoms with Crippen molar-refractivity contribution in [1.29, 1.82) is 0 Å². The number of hydrogen-bond donors (Lipinski definition) is 2. The maximum Gasteiger partial charge on any atom is 0.121 e. The number of hydrogen-bond acceptors (Lipinski definition) is 4. The van der Waals surface area contributed by atoms with E-state index in [-0.39, 0.29) is 18.0 Å². The first-order valence-electron chi connectivity index (χ1n) is 8.34. The molecule has 0 spiro atoms. The molecule has 1 aliphatic rings. The van der Waals surface area contributed by atoms with E-state index in [1.165, 1.54) is 0 Å². The molecular weight excluding hydrogens is 290 g/mol. The van der Waals surface area contributed by atoms with E-state index in [4.69, 9.17) is 8.83 Å². The van der Waals surface area contributed by atoms with Gasteiger partial charge in [0.1, 0.15) is 11.5 Å². The van der Waals surface area contributed by atoms with Crippen molar-refractivity contribution in [3.05, 3.63) is 61.0 Å². The van der Waals surface area contributed by atoms with Gasteiger partial charge in [-0.25, -0.2) is 0 Å². The van der Waals surface area contributed by atoms with Crippen LogP contribution in [0.5, 0.6) is 0 Å². The topological polar surface area (TPSA) is 58.5 Å². The van der Waals surface area contributed by atoms with Crippen molar-refractivity contribution in [2.75, 3.05) is 0 Å². The Balaban J connectivity index is 1.97. The summed E-state index contributed by atoms with van der Waals surface area (Å²) >= 11 is 0. The summed E-state index contributed by atoms with van der Waals surface area (Å²) in [5.41, 5.74) is -0.822. The lowest BCUT2D eigenvalue weighted by Gasteiger charge is -2.47. The van der Waals surface area contributed by atoms with E-state index in [0.717, 1.165) is 24.4 Å². The Morgan fingerprint density at radius 3 is 2.57 bits per heavy atom. The van der Waals surface area contributed by atoms with Gasteiger partial charge in [0.05, 0.1) is 30.2 Å². The van der Waals surface area contributed by atoms with Crippen LogP contribution in [0.4, 0.5) is 0 Å². The summed E-state index contributed by atoms with van der Waals surface area (Å²) in [4.78, 5) is 0. The third-order valence-electron chi connectivity index (χ3n) is 4.86. The van der Waals surface area contributed by atoms with Crippen LogP contribution in [-0.4, -0.2) is 10.7 Å². The SMILES string of the molecule is C=CC[C@@]1(O)C[C@@H](c2ccco2)N[C@@H](c2ccco2)[C@H]1CCC. The second kappa shape index (κ2) is 6.77. The summed E-state index contributed by atoms with van der Waals surface area (Å²) in [6, 6.07) is 7.61. The van der Waals surface area contributed by atoms with Crippen LogP contribution in [0.15, 0.2) is 58.3 Å². The van der Waals surface area contributed by atoms with Crippen molar-refractivity contribution in [3.8, 4) is 0 Å². The van der Waals surface area contributed by atoms with Crippen LogP contribution >= 0.6 is 0 Å². The van der Waals surface area contributed by atoms with Crippen LogP contribution in [0.2, 0.25) is 0 Å². The molecule has 124 valence electrons. The van der Waals surface area contributed by atoms with E-state index in [1.54, 1.807) is 12.5 Å². The Hall–Kier alpha value is -1.78. The molecule has 1 saturated heterocycles. The average molecular weight is 315 g/mol. The number of aliphatic hydroxyl groups is 1. The largest absolute Gasteiger partial charge is 0.468 e. The van der Waals surface area contributed by atoms with Crippen LogP contribution in [0.25, 0.3) is 0 Å². The van der Waals surface area contributed by atoms with Gasteiger partial charge in [0.2, 0.25) is 0 Å². The Kier molecular flexibility index (Phi) is 4.74. The van der Waals surface area contributed by atoms with Gasteiger partial charge in [0, 0.05) is 5.92 Å². The van der Waals surface area contributed by atoms with Crippen LogP contribution in [-0.2, 0) is 0 Å². The molecule has 2 aromatic heterocycles. The second-order valence-electron chi connectivity index (χ2n) is 6.42. The van der Waals surface area contributed by atoms with E-state index < -0.39 is 5.60 Å². The molecule has 1 aliphatic heterocycles. The smallest absolute Gasteiger partial charge is 0.121 e. The molecule has 0 unspecified atom stereocenters. The zero-order valence-electron chi connectivity index (χ0n) is 13.6. The molecule has 2 aromatic rings. The van der Waals surface area contributed by atoms with Crippen LogP contribution in [0, 0.1) is 5.92 Å². The monoisotopic (exact) mass is 315 g/mol. The van der Waals surface area contributed by atoms with E-state index in [9.17, 15) is 5.11 Å². The molecule has 4 heteroatoms. The third-order valence-corrected chi connectivity index (χ3v) is 4.86. The van der Waals surface area contributed by atoms with Gasteiger partial charge >= 0.3 is 0 Å². The van der Waals surface area contributed by atoms with Gasteiger partial charge < -0.3 is 13.9 Å². The standard InChI is InChI=1S/C19H25NO3/c1-3-7-14-18(17-9-6-12-23-17)20-15(16-8-5-11-22-16)13-19(14,21)10-4-2/h4-6,8-9,11-12,14-15,18,20-21H,2-3,7,10,13H2,1H3/t14-,15+,18-,19-/m1/s1. The molecule has 0 amide bonds. The van der Waals surface area contributed by atoms with Crippen LogP contribution in [0.3, 0.4) is 0 Å². The molecule has 23 heavy (non-hydrogen) atoms. The molecule has 4 nitrogen and oxygen atoms in total. The van der Waals surface area contributed by atoms with E-state index in [2.05, 4.69) is 18.8 Å². The molecule has 0 bridgehead atoms. The first-order chi connectivity index (χ1) is 11.2. The molecule has 3 rings (SSSR count). The van der Waals surface area contributed by atoms with Crippen molar-refractivity contribution in [1.82, 2.24) is 5.32 Å². The van der Waals surface area contributed by atoms with E-state index >= 15 is 0 Å². The lowest BCUT2D eigenvalue weighted by atomic mass is 9.69. The average Bonchev–Trinajstić information content (AvgIpc) is 3.22. The summed E-state index contributed by atoms with van der Waals surface area (Å²) in [5, 5.41) is 15.0. The molecule has 0 radical (unpaired) electrons. The Labute approximate surface area is 137 Å². The zero-order valence-corrected chi connectivity index (χ0v) is 13.6. The maximum absolute atomic E-state index is 11.4. The van der Waals surface area contributed by atoms with Crippen LogP contribution in [0.1, 0.15) is 56.2 Å². The number of nitrogens with one attached hydrogen (secondary N) is 1. The third kappa shape index (κ3) is 3.14. The summed E-state index contributed by atoms with van der Waals surface area (Å²) in [6.07, 6.45) is 8.27. The van der Waals surface area contributed by atoms with Gasteiger partial charge in [-0.05, 0) is 43.5 Å². The fourth-order valence-corrected chi connectivity index (χ4v) is 3.86. The van der Waals surface area contributed by atoms with Gasteiger partial charge in [0.25, 0.3) is 0 Å². The Bertz CT molecular complexity index is 605. The second-order valence-corrected chi connectivity index (χ2v) is 6.42. The van der Waals surface area contributed by atoms with Crippen molar-refractivity contribution < 1.29 is 13.9 Å². The molecule has 0 aromatic carbocycles. The molecule has 0 saturated carbocycles. The number of furan rings is 2. The highest BCUT2D eigenvalue weighted by molar-refractivity contribution is 5.17. The molecule has 1 fully saturated rings. The summed E-state index contributed by atoms with van der Waals surface area (Å²) < 4.78 is 11.2. The Morgan fingerprint density at radius 1 is 1.30 bits per heavy atom. The summed E-state index contributed by atoms with van der Waals surface area (Å²) in [7, 11) is 0. The van der Waals surface area contributed by atoms with E-state index in [0.29, 0.717) is 12.8 Å². The zero-order chi connectivity index (χ0) is 16.3. The normalized spacial score (nSPS) is 31.1. The molecular formula is C19H25NO3. The molecule has 0 aliphatic carbocycles. The number of rotatable bonds is 6. The first kappa shape index (κ1) is 16.1. The van der Waals surface area contributed by atoms with Gasteiger partial charge in [-0.3, -0.25) is 5.32 Å². The minimum absolute atomic E-state index is 0.0428. The first-order valence-corrected chi connectivity index (χ1v) is 8.34. The van der Waals surface area contributed by atoms with Gasteiger partial charge in [-0.2, -0.15) is 0 Å². The molecule has 2 N–H and O–H groups in total. The number of piperidine rings is 1. The lowest BCUT2D eigenvalue weighted by molar-refractivity contribution is -0.0815. The fourth-order valence-electron chi connectivity index (χ4n) is 3.86. The van der Waals surface area contributed by atoms with Crippen molar-refractivity contribution in [2.45, 2.75) is 50.3 Å². The van der Waals surface area contributed by atoms with Crippen molar-refractivity contribution >= 4 is 0 Å². The van der Waals surface area contributed by atoms with Gasteiger partial charge in [-0.1, -0.05) is 19.4 Å². The highest BCUT2D eigenvalue weighted by Crippen LogP contribution is 2.47. The maximum atomic E-state index is 11.4. The highest BCUT2D eigenvalue weighted by Gasteiger charge is 2.48. The summed E-state index contributed by atoms with van der Waals surface area (Å²) in [5.74, 6) is 1.78. The van der Waals surface area contributed by atoms with Gasteiger partial charge in [0.15, 0.2) is 0 Å². The van der Waals surface area contributed by atoms with E-state index in [1.807, 2.05) is 30.3 Å². The highest BCUT2D eigenvalue weighted by atomic mass is 16.3. The lowest BCUT2D eigenvalue weighted by Crippen LogP contribution is -2.52. The van der Waals surface area contributed by atoms with Crippen LogP contribution < -0.4 is 5.32 Å². The minimum atomic E-state index is -0.822. The predicted octanol–water partition coefficient (Wildman–Crippen LogP) is 4.37.